The van der Waals surface area contributed by atoms with Crippen LogP contribution in [0.15, 0.2) is 18.3 Å². The Hall–Kier alpha value is -2.31. The summed E-state index contributed by atoms with van der Waals surface area (Å²) in [6.45, 7) is 3.33. The van der Waals surface area contributed by atoms with Crippen LogP contribution in [0.1, 0.15) is 44.6 Å². The number of hydrogen-bond donors (Lipinski definition) is 2. The SMILES string of the molecule is CCOC(=O)CCCCCCNC(=O)NCc1ccc(N(C)C)nc1. The first kappa shape index (κ1) is 20.7. The summed E-state index contributed by atoms with van der Waals surface area (Å²) in [6, 6.07) is 3.69. The fourth-order valence-corrected chi connectivity index (χ4v) is 2.21. The van der Waals surface area contributed by atoms with E-state index in [0.29, 0.717) is 26.1 Å². The van der Waals surface area contributed by atoms with Crippen LogP contribution in [-0.4, -0.2) is 44.2 Å². The van der Waals surface area contributed by atoms with Crippen molar-refractivity contribution in [2.24, 2.45) is 0 Å². The molecule has 2 amide bonds. The van der Waals surface area contributed by atoms with Crippen molar-refractivity contribution >= 4 is 17.8 Å². The van der Waals surface area contributed by atoms with Crippen LogP contribution in [0.4, 0.5) is 10.6 Å². The third-order valence-corrected chi connectivity index (χ3v) is 3.62. The maximum Gasteiger partial charge on any atom is 0.315 e. The van der Waals surface area contributed by atoms with E-state index in [9.17, 15) is 9.59 Å². The highest BCUT2D eigenvalue weighted by Crippen LogP contribution is 2.07. The van der Waals surface area contributed by atoms with Crippen molar-refractivity contribution in [3.05, 3.63) is 23.9 Å². The van der Waals surface area contributed by atoms with Gasteiger partial charge in [0.05, 0.1) is 6.61 Å². The molecule has 1 aromatic rings. The number of rotatable bonds is 11. The van der Waals surface area contributed by atoms with E-state index in [1.54, 1.807) is 6.20 Å². The lowest BCUT2D eigenvalue weighted by Crippen LogP contribution is -2.35. The van der Waals surface area contributed by atoms with Crippen LogP contribution < -0.4 is 15.5 Å². The maximum atomic E-state index is 11.7. The van der Waals surface area contributed by atoms with Crippen LogP contribution in [-0.2, 0) is 16.1 Å². The molecule has 0 bridgehead atoms. The first-order valence-corrected chi connectivity index (χ1v) is 8.82. The Labute approximate surface area is 150 Å². The monoisotopic (exact) mass is 350 g/mol. The summed E-state index contributed by atoms with van der Waals surface area (Å²) in [5, 5.41) is 5.65. The quantitative estimate of drug-likeness (QED) is 0.473. The van der Waals surface area contributed by atoms with Crippen molar-refractivity contribution in [3.63, 3.8) is 0 Å². The van der Waals surface area contributed by atoms with Crippen LogP contribution in [0.2, 0.25) is 0 Å². The van der Waals surface area contributed by atoms with Gasteiger partial charge in [-0.3, -0.25) is 4.79 Å². The van der Waals surface area contributed by atoms with Gasteiger partial charge in [0.15, 0.2) is 0 Å². The topological polar surface area (TPSA) is 83.6 Å². The molecule has 2 N–H and O–H groups in total. The number of ether oxygens (including phenoxy) is 1. The van der Waals surface area contributed by atoms with E-state index in [2.05, 4.69) is 15.6 Å². The van der Waals surface area contributed by atoms with Gasteiger partial charge >= 0.3 is 12.0 Å². The van der Waals surface area contributed by atoms with Gasteiger partial charge in [-0.1, -0.05) is 18.9 Å². The lowest BCUT2D eigenvalue weighted by atomic mass is 10.1. The van der Waals surface area contributed by atoms with Gasteiger partial charge < -0.3 is 20.3 Å². The molecule has 0 aliphatic rings. The Morgan fingerprint density at radius 3 is 2.52 bits per heavy atom. The van der Waals surface area contributed by atoms with E-state index in [4.69, 9.17) is 4.74 Å². The number of hydrogen-bond acceptors (Lipinski definition) is 5. The van der Waals surface area contributed by atoms with Gasteiger partial charge in [0.25, 0.3) is 0 Å². The summed E-state index contributed by atoms with van der Waals surface area (Å²) < 4.78 is 4.87. The van der Waals surface area contributed by atoms with E-state index in [1.807, 2.05) is 38.1 Å². The van der Waals surface area contributed by atoms with Gasteiger partial charge in [-0.15, -0.1) is 0 Å². The molecule has 0 aliphatic carbocycles. The zero-order chi connectivity index (χ0) is 18.5. The van der Waals surface area contributed by atoms with E-state index < -0.39 is 0 Å². The fourth-order valence-electron chi connectivity index (χ4n) is 2.21. The third-order valence-electron chi connectivity index (χ3n) is 3.62. The first-order valence-electron chi connectivity index (χ1n) is 8.82. The summed E-state index contributed by atoms with van der Waals surface area (Å²) in [5.41, 5.74) is 0.958. The summed E-state index contributed by atoms with van der Waals surface area (Å²) in [7, 11) is 3.87. The summed E-state index contributed by atoms with van der Waals surface area (Å²) >= 11 is 0. The van der Waals surface area contributed by atoms with Gasteiger partial charge in [-0.25, -0.2) is 9.78 Å². The number of unbranched alkanes of at least 4 members (excludes halogenated alkanes) is 3. The third kappa shape index (κ3) is 9.54. The average molecular weight is 350 g/mol. The molecule has 0 saturated heterocycles. The van der Waals surface area contributed by atoms with Crippen LogP contribution in [0.25, 0.3) is 0 Å². The zero-order valence-electron chi connectivity index (χ0n) is 15.5. The van der Waals surface area contributed by atoms with Gasteiger partial charge in [0.2, 0.25) is 0 Å². The minimum Gasteiger partial charge on any atom is -0.466 e. The minimum atomic E-state index is -0.178. The van der Waals surface area contributed by atoms with Crippen molar-refractivity contribution in [1.29, 1.82) is 0 Å². The van der Waals surface area contributed by atoms with E-state index in [-0.39, 0.29) is 12.0 Å². The van der Waals surface area contributed by atoms with Gasteiger partial charge in [-0.2, -0.15) is 0 Å². The molecule has 1 aromatic heterocycles. The molecule has 1 rings (SSSR count). The van der Waals surface area contributed by atoms with Crippen molar-refractivity contribution in [2.75, 3.05) is 32.1 Å². The number of esters is 1. The summed E-state index contributed by atoms with van der Waals surface area (Å²) in [6.07, 6.45) is 5.92. The molecule has 0 fully saturated rings. The van der Waals surface area contributed by atoms with Crippen LogP contribution >= 0.6 is 0 Å². The Morgan fingerprint density at radius 1 is 1.12 bits per heavy atom. The number of anilines is 1. The molecule has 0 spiro atoms. The molecule has 7 nitrogen and oxygen atoms in total. The number of nitrogens with one attached hydrogen (secondary N) is 2. The van der Waals surface area contributed by atoms with E-state index in [1.165, 1.54) is 0 Å². The Bertz CT molecular complexity index is 518. The molecule has 0 aromatic carbocycles. The molecule has 0 saturated carbocycles. The lowest BCUT2D eigenvalue weighted by Gasteiger charge is -2.12. The normalized spacial score (nSPS) is 10.2. The van der Waals surface area contributed by atoms with Crippen molar-refractivity contribution in [3.8, 4) is 0 Å². The fraction of sp³-hybridized carbons (Fsp3) is 0.611. The van der Waals surface area contributed by atoms with Gasteiger partial charge in [0.1, 0.15) is 5.82 Å². The number of pyridine rings is 1. The second-order valence-corrected chi connectivity index (χ2v) is 6.00. The Balaban J connectivity index is 2.04. The number of amides is 2. The number of nitrogens with zero attached hydrogens (tertiary/aromatic N) is 2. The number of aromatic nitrogens is 1. The van der Waals surface area contributed by atoms with Crippen LogP contribution in [0.5, 0.6) is 0 Å². The van der Waals surface area contributed by atoms with Crippen molar-refractivity contribution in [1.82, 2.24) is 15.6 Å². The predicted molar refractivity (Wildman–Crippen MR) is 98.5 cm³/mol. The zero-order valence-corrected chi connectivity index (χ0v) is 15.5. The highest BCUT2D eigenvalue weighted by Gasteiger charge is 2.03. The van der Waals surface area contributed by atoms with Crippen molar-refractivity contribution in [2.45, 2.75) is 45.6 Å². The standard InChI is InChI=1S/C18H30N4O3/c1-4-25-17(23)9-7-5-6-8-12-19-18(24)21-14-15-10-11-16(20-13-15)22(2)3/h10-11,13H,4-9,12,14H2,1-3H3,(H2,19,21,24). The molecule has 140 valence electrons. The molecule has 1 heterocycles. The molecular weight excluding hydrogens is 320 g/mol. The number of urea groups is 1. The number of carbonyl (C=O) groups excluding carboxylic acids is 2. The lowest BCUT2D eigenvalue weighted by molar-refractivity contribution is -0.143. The Morgan fingerprint density at radius 2 is 1.88 bits per heavy atom. The van der Waals surface area contributed by atoms with Crippen LogP contribution in [0, 0.1) is 0 Å². The predicted octanol–water partition coefficient (Wildman–Crippen LogP) is 2.46. The van der Waals surface area contributed by atoms with Crippen molar-refractivity contribution < 1.29 is 14.3 Å². The molecule has 0 aliphatic heterocycles. The molecule has 7 heteroatoms. The highest BCUT2D eigenvalue weighted by atomic mass is 16.5. The second-order valence-electron chi connectivity index (χ2n) is 6.00. The molecular formula is C18H30N4O3. The largest absolute Gasteiger partial charge is 0.466 e. The molecule has 0 atom stereocenters. The average Bonchev–Trinajstić information content (AvgIpc) is 2.59. The number of carbonyl (C=O) groups is 2. The smallest absolute Gasteiger partial charge is 0.315 e. The van der Waals surface area contributed by atoms with E-state index >= 15 is 0 Å². The van der Waals surface area contributed by atoms with Gasteiger partial charge in [0, 0.05) is 39.8 Å². The molecule has 0 unspecified atom stereocenters. The van der Waals surface area contributed by atoms with Crippen LogP contribution in [0.3, 0.4) is 0 Å². The Kier molecular flexibility index (Phi) is 10.0. The summed E-state index contributed by atoms with van der Waals surface area (Å²) in [5.74, 6) is 0.754. The molecule has 0 radical (unpaired) electrons. The van der Waals surface area contributed by atoms with Gasteiger partial charge in [-0.05, 0) is 31.4 Å². The minimum absolute atomic E-state index is 0.131. The first-order chi connectivity index (χ1) is 12.0. The highest BCUT2D eigenvalue weighted by molar-refractivity contribution is 5.73. The molecule has 25 heavy (non-hydrogen) atoms. The second kappa shape index (κ2) is 12.1. The summed E-state index contributed by atoms with van der Waals surface area (Å²) in [4.78, 5) is 29.1. The maximum absolute atomic E-state index is 11.7. The van der Waals surface area contributed by atoms with E-state index in [0.717, 1.165) is 37.1 Å².